The molecule has 1 aromatic carbocycles. The summed E-state index contributed by atoms with van der Waals surface area (Å²) in [4.78, 5) is 11.4. The van der Waals surface area contributed by atoms with Gasteiger partial charge in [-0.25, -0.2) is 4.79 Å². The second kappa shape index (κ2) is 14.2. The van der Waals surface area contributed by atoms with Crippen LogP contribution in [-0.2, 0) is 9.53 Å². The SMILES string of the molecule is CCCCCCOc1cccc(C=CC(=O)OC)c1OCCCCCC. The zero-order chi connectivity index (χ0) is 19.0. The van der Waals surface area contributed by atoms with E-state index in [-0.39, 0.29) is 5.97 Å². The van der Waals surface area contributed by atoms with Crippen molar-refractivity contribution in [2.75, 3.05) is 20.3 Å². The van der Waals surface area contributed by atoms with Crippen LogP contribution in [0.1, 0.15) is 70.8 Å². The van der Waals surface area contributed by atoms with Crippen molar-refractivity contribution in [2.24, 2.45) is 0 Å². The molecular formula is C22H34O4. The third kappa shape index (κ3) is 8.93. The van der Waals surface area contributed by atoms with E-state index in [2.05, 4.69) is 18.6 Å². The van der Waals surface area contributed by atoms with E-state index >= 15 is 0 Å². The maximum absolute atomic E-state index is 11.4. The molecule has 0 N–H and O–H groups in total. The maximum Gasteiger partial charge on any atom is 0.330 e. The lowest BCUT2D eigenvalue weighted by atomic mass is 10.1. The quantitative estimate of drug-likeness (QED) is 0.239. The van der Waals surface area contributed by atoms with E-state index in [1.165, 1.54) is 45.3 Å². The Hall–Kier alpha value is -1.97. The van der Waals surface area contributed by atoms with Crippen LogP contribution in [0.15, 0.2) is 24.3 Å². The summed E-state index contributed by atoms with van der Waals surface area (Å²) in [5.41, 5.74) is 0.831. The van der Waals surface area contributed by atoms with Crippen LogP contribution < -0.4 is 9.47 Å². The Bertz CT molecular complexity index is 537. The van der Waals surface area contributed by atoms with Crippen molar-refractivity contribution >= 4 is 12.0 Å². The summed E-state index contributed by atoms with van der Waals surface area (Å²) in [6.07, 6.45) is 12.4. The Morgan fingerprint density at radius 3 is 2.19 bits per heavy atom. The minimum Gasteiger partial charge on any atom is -0.490 e. The molecule has 4 nitrogen and oxygen atoms in total. The van der Waals surface area contributed by atoms with E-state index in [0.717, 1.165) is 30.6 Å². The number of methoxy groups -OCH3 is 1. The standard InChI is InChI=1S/C22H34O4/c1-4-6-8-10-17-25-20-14-12-13-19(15-16-21(23)24-3)22(20)26-18-11-9-7-5-2/h12-16H,4-11,17-18H2,1-3H3. The van der Waals surface area contributed by atoms with Gasteiger partial charge in [0.25, 0.3) is 0 Å². The zero-order valence-corrected chi connectivity index (χ0v) is 16.6. The molecular weight excluding hydrogens is 328 g/mol. The van der Waals surface area contributed by atoms with Gasteiger partial charge >= 0.3 is 5.97 Å². The van der Waals surface area contributed by atoms with Gasteiger partial charge in [0.05, 0.1) is 20.3 Å². The van der Waals surface area contributed by atoms with Gasteiger partial charge in [0.15, 0.2) is 11.5 Å². The molecule has 0 bridgehead atoms. The number of benzene rings is 1. The third-order valence-corrected chi connectivity index (χ3v) is 4.11. The van der Waals surface area contributed by atoms with Gasteiger partial charge < -0.3 is 14.2 Å². The summed E-state index contributed by atoms with van der Waals surface area (Å²) < 4.78 is 16.7. The van der Waals surface area contributed by atoms with Crippen LogP contribution >= 0.6 is 0 Å². The van der Waals surface area contributed by atoms with E-state index in [1.807, 2.05) is 18.2 Å². The molecule has 0 radical (unpaired) electrons. The Morgan fingerprint density at radius 2 is 1.58 bits per heavy atom. The molecule has 0 heterocycles. The molecule has 146 valence electrons. The van der Waals surface area contributed by atoms with Crippen molar-refractivity contribution in [2.45, 2.75) is 65.2 Å². The second-order valence-electron chi connectivity index (χ2n) is 6.35. The normalized spacial score (nSPS) is 10.9. The average molecular weight is 363 g/mol. The van der Waals surface area contributed by atoms with E-state index in [4.69, 9.17) is 9.47 Å². The Morgan fingerprint density at radius 1 is 0.923 bits per heavy atom. The number of para-hydroxylation sites is 1. The average Bonchev–Trinajstić information content (AvgIpc) is 2.66. The minimum absolute atomic E-state index is 0.384. The lowest BCUT2D eigenvalue weighted by Gasteiger charge is -2.15. The number of esters is 1. The Labute approximate surface area is 158 Å². The first-order valence-electron chi connectivity index (χ1n) is 9.87. The van der Waals surface area contributed by atoms with Crippen LogP contribution in [0.25, 0.3) is 6.08 Å². The fraction of sp³-hybridized carbons (Fsp3) is 0.591. The van der Waals surface area contributed by atoms with Gasteiger partial charge in [-0.3, -0.25) is 0 Å². The molecule has 0 atom stereocenters. The second-order valence-corrected chi connectivity index (χ2v) is 6.35. The molecule has 26 heavy (non-hydrogen) atoms. The number of ether oxygens (including phenoxy) is 3. The summed E-state index contributed by atoms with van der Waals surface area (Å²) in [6, 6.07) is 5.77. The predicted octanol–water partition coefficient (Wildman–Crippen LogP) is 5.79. The van der Waals surface area contributed by atoms with Gasteiger partial charge in [0.1, 0.15) is 0 Å². The van der Waals surface area contributed by atoms with Crippen LogP contribution in [0.2, 0.25) is 0 Å². The summed E-state index contributed by atoms with van der Waals surface area (Å²) >= 11 is 0. The van der Waals surface area contributed by atoms with Crippen molar-refractivity contribution in [3.05, 3.63) is 29.8 Å². The third-order valence-electron chi connectivity index (χ3n) is 4.11. The molecule has 0 aliphatic rings. The number of hydrogen-bond donors (Lipinski definition) is 0. The molecule has 4 heteroatoms. The molecule has 0 unspecified atom stereocenters. The van der Waals surface area contributed by atoms with Gasteiger partial charge in [0.2, 0.25) is 0 Å². The highest BCUT2D eigenvalue weighted by molar-refractivity contribution is 5.87. The van der Waals surface area contributed by atoms with Gasteiger partial charge in [-0.15, -0.1) is 0 Å². The van der Waals surface area contributed by atoms with Crippen LogP contribution in [0, 0.1) is 0 Å². The monoisotopic (exact) mass is 362 g/mol. The smallest absolute Gasteiger partial charge is 0.330 e. The van der Waals surface area contributed by atoms with Crippen molar-refractivity contribution in [1.82, 2.24) is 0 Å². The first-order valence-corrected chi connectivity index (χ1v) is 9.87. The summed E-state index contributed by atoms with van der Waals surface area (Å²) in [5, 5.41) is 0. The van der Waals surface area contributed by atoms with E-state index < -0.39 is 0 Å². The lowest BCUT2D eigenvalue weighted by Crippen LogP contribution is -2.04. The minimum atomic E-state index is -0.384. The fourth-order valence-electron chi connectivity index (χ4n) is 2.57. The van der Waals surface area contributed by atoms with Gasteiger partial charge in [-0.2, -0.15) is 0 Å². The van der Waals surface area contributed by atoms with Crippen LogP contribution in [0.3, 0.4) is 0 Å². The molecule has 0 aromatic heterocycles. The highest BCUT2D eigenvalue weighted by atomic mass is 16.5. The Balaban J connectivity index is 2.78. The van der Waals surface area contributed by atoms with E-state index in [0.29, 0.717) is 19.0 Å². The van der Waals surface area contributed by atoms with Crippen LogP contribution in [0.4, 0.5) is 0 Å². The topological polar surface area (TPSA) is 44.8 Å². The molecule has 1 aromatic rings. The molecule has 0 saturated carbocycles. The van der Waals surface area contributed by atoms with Crippen molar-refractivity contribution in [3.8, 4) is 11.5 Å². The number of unbranched alkanes of at least 4 members (excludes halogenated alkanes) is 6. The number of rotatable bonds is 14. The first kappa shape index (κ1) is 22.1. The summed E-state index contributed by atoms with van der Waals surface area (Å²) in [7, 11) is 1.37. The summed E-state index contributed by atoms with van der Waals surface area (Å²) in [6.45, 7) is 5.71. The zero-order valence-electron chi connectivity index (χ0n) is 16.6. The highest BCUT2D eigenvalue weighted by Crippen LogP contribution is 2.33. The van der Waals surface area contributed by atoms with Crippen molar-refractivity contribution < 1.29 is 19.0 Å². The number of carbonyl (C=O) groups is 1. The number of hydrogen-bond acceptors (Lipinski definition) is 4. The van der Waals surface area contributed by atoms with Crippen LogP contribution in [0.5, 0.6) is 11.5 Å². The predicted molar refractivity (Wildman–Crippen MR) is 107 cm³/mol. The fourth-order valence-corrected chi connectivity index (χ4v) is 2.57. The largest absolute Gasteiger partial charge is 0.490 e. The summed E-state index contributed by atoms with van der Waals surface area (Å²) in [5.74, 6) is 1.06. The van der Waals surface area contributed by atoms with E-state index in [1.54, 1.807) is 6.08 Å². The molecule has 0 fully saturated rings. The molecule has 1 rings (SSSR count). The Kier molecular flexibility index (Phi) is 12.1. The van der Waals surface area contributed by atoms with Gasteiger partial charge in [-0.05, 0) is 25.0 Å². The highest BCUT2D eigenvalue weighted by Gasteiger charge is 2.10. The van der Waals surface area contributed by atoms with Crippen LogP contribution in [-0.4, -0.2) is 26.3 Å². The molecule has 0 aliphatic heterocycles. The van der Waals surface area contributed by atoms with Gasteiger partial charge in [0, 0.05) is 11.6 Å². The number of carbonyl (C=O) groups excluding carboxylic acids is 1. The molecule has 0 spiro atoms. The molecule has 0 saturated heterocycles. The first-order chi connectivity index (χ1) is 12.7. The van der Waals surface area contributed by atoms with Crippen molar-refractivity contribution in [3.63, 3.8) is 0 Å². The van der Waals surface area contributed by atoms with Crippen molar-refractivity contribution in [1.29, 1.82) is 0 Å². The maximum atomic E-state index is 11.4. The van der Waals surface area contributed by atoms with E-state index in [9.17, 15) is 4.79 Å². The molecule has 0 aliphatic carbocycles. The lowest BCUT2D eigenvalue weighted by molar-refractivity contribution is -0.134. The van der Waals surface area contributed by atoms with Gasteiger partial charge in [-0.1, -0.05) is 64.5 Å². The molecule has 0 amide bonds.